The summed E-state index contributed by atoms with van der Waals surface area (Å²) in [6.45, 7) is 1.36. The van der Waals surface area contributed by atoms with Crippen LogP contribution in [0.2, 0.25) is 0 Å². The van der Waals surface area contributed by atoms with Gasteiger partial charge >= 0.3 is 0 Å². The topological polar surface area (TPSA) is 85.2 Å². The maximum absolute atomic E-state index is 11.2. The van der Waals surface area contributed by atoms with Gasteiger partial charge in [0, 0.05) is 25.0 Å². The Morgan fingerprint density at radius 1 is 1.15 bits per heavy atom. The molecule has 1 amide bonds. The van der Waals surface area contributed by atoms with Crippen molar-refractivity contribution in [2.45, 2.75) is 13.1 Å². The van der Waals surface area contributed by atoms with Gasteiger partial charge in [0.15, 0.2) is 0 Å². The first-order chi connectivity index (χ1) is 9.63. The number of hydrogen-bond donors (Lipinski definition) is 2. The zero-order chi connectivity index (χ0) is 14.4. The summed E-state index contributed by atoms with van der Waals surface area (Å²) in [4.78, 5) is 17.4. The van der Waals surface area contributed by atoms with E-state index < -0.39 is 0 Å². The van der Waals surface area contributed by atoms with Gasteiger partial charge < -0.3 is 11.5 Å². The largest absolute Gasteiger partial charge is 0.399 e. The second-order valence-corrected chi connectivity index (χ2v) is 4.68. The third kappa shape index (κ3) is 4.37. The lowest BCUT2D eigenvalue weighted by molar-refractivity contribution is -0.119. The van der Waals surface area contributed by atoms with Gasteiger partial charge in [0.05, 0.1) is 12.2 Å². The summed E-state index contributed by atoms with van der Waals surface area (Å²) >= 11 is 0. The first-order valence-electron chi connectivity index (χ1n) is 6.38. The molecule has 0 aliphatic rings. The molecule has 104 valence electrons. The Hall–Kier alpha value is -2.40. The smallest absolute Gasteiger partial charge is 0.231 e. The van der Waals surface area contributed by atoms with Gasteiger partial charge in [-0.05, 0) is 29.8 Å². The normalized spacial score (nSPS) is 10.7. The molecule has 0 bridgehead atoms. The molecule has 0 unspecified atom stereocenters. The lowest BCUT2D eigenvalue weighted by Gasteiger charge is -2.20. The van der Waals surface area contributed by atoms with Gasteiger partial charge in [-0.25, -0.2) is 0 Å². The molecule has 2 aromatic rings. The van der Waals surface area contributed by atoms with Crippen LogP contribution in [-0.2, 0) is 17.9 Å². The minimum atomic E-state index is -0.357. The Balaban J connectivity index is 2.09. The molecule has 1 aromatic carbocycles. The number of nitrogens with zero attached hydrogens (tertiary/aromatic N) is 2. The molecule has 5 heteroatoms. The summed E-state index contributed by atoms with van der Waals surface area (Å²) in [5.41, 5.74) is 13.7. The number of rotatable bonds is 6. The fourth-order valence-electron chi connectivity index (χ4n) is 2.06. The molecule has 0 saturated heterocycles. The van der Waals surface area contributed by atoms with Crippen molar-refractivity contribution in [2.24, 2.45) is 5.73 Å². The van der Waals surface area contributed by atoms with Gasteiger partial charge in [-0.1, -0.05) is 18.2 Å². The van der Waals surface area contributed by atoms with E-state index in [1.54, 1.807) is 6.20 Å². The minimum absolute atomic E-state index is 0.186. The van der Waals surface area contributed by atoms with Crippen LogP contribution in [0.1, 0.15) is 11.3 Å². The van der Waals surface area contributed by atoms with Crippen molar-refractivity contribution in [3.8, 4) is 0 Å². The van der Waals surface area contributed by atoms with Crippen molar-refractivity contribution < 1.29 is 4.79 Å². The fourth-order valence-corrected chi connectivity index (χ4v) is 2.06. The molecule has 4 N–H and O–H groups in total. The molecule has 0 fully saturated rings. The molecule has 0 radical (unpaired) electrons. The van der Waals surface area contributed by atoms with Crippen molar-refractivity contribution in [3.05, 3.63) is 59.9 Å². The van der Waals surface area contributed by atoms with Gasteiger partial charge in [-0.3, -0.25) is 14.7 Å². The van der Waals surface area contributed by atoms with E-state index in [1.807, 2.05) is 47.4 Å². The molecular formula is C15H18N4O. The highest BCUT2D eigenvalue weighted by Crippen LogP contribution is 2.11. The number of aromatic nitrogens is 1. The van der Waals surface area contributed by atoms with E-state index in [9.17, 15) is 4.79 Å². The zero-order valence-corrected chi connectivity index (χ0v) is 11.2. The fraction of sp³-hybridized carbons (Fsp3) is 0.200. The molecular weight excluding hydrogens is 252 g/mol. The number of primary amides is 1. The van der Waals surface area contributed by atoms with Gasteiger partial charge in [-0.2, -0.15) is 0 Å². The number of anilines is 1. The average molecular weight is 270 g/mol. The predicted molar refractivity (Wildman–Crippen MR) is 78.4 cm³/mol. The Labute approximate surface area is 118 Å². The van der Waals surface area contributed by atoms with Gasteiger partial charge in [0.1, 0.15) is 0 Å². The van der Waals surface area contributed by atoms with Crippen LogP contribution in [0.5, 0.6) is 0 Å². The molecule has 1 aromatic heterocycles. The summed E-state index contributed by atoms with van der Waals surface area (Å²) in [5, 5.41) is 0. The molecule has 1 heterocycles. The molecule has 5 nitrogen and oxygen atoms in total. The monoisotopic (exact) mass is 270 g/mol. The van der Waals surface area contributed by atoms with Crippen LogP contribution in [0.15, 0.2) is 48.7 Å². The quantitative estimate of drug-likeness (QED) is 0.771. The van der Waals surface area contributed by atoms with Crippen LogP contribution in [0.3, 0.4) is 0 Å². The molecule has 0 spiro atoms. The van der Waals surface area contributed by atoms with Crippen molar-refractivity contribution in [2.75, 3.05) is 12.3 Å². The van der Waals surface area contributed by atoms with E-state index >= 15 is 0 Å². The number of nitrogen functional groups attached to an aromatic ring is 1. The third-order valence-corrected chi connectivity index (χ3v) is 2.85. The summed E-state index contributed by atoms with van der Waals surface area (Å²) in [6.07, 6.45) is 1.73. The van der Waals surface area contributed by atoms with E-state index in [0.717, 1.165) is 11.3 Å². The van der Waals surface area contributed by atoms with Crippen LogP contribution in [0.25, 0.3) is 0 Å². The van der Waals surface area contributed by atoms with Crippen LogP contribution in [0.4, 0.5) is 5.69 Å². The maximum atomic E-state index is 11.2. The highest BCUT2D eigenvalue weighted by Gasteiger charge is 2.10. The number of carbonyl (C=O) groups is 1. The molecule has 2 rings (SSSR count). The molecule has 20 heavy (non-hydrogen) atoms. The highest BCUT2D eigenvalue weighted by molar-refractivity contribution is 5.75. The SMILES string of the molecule is NC(=O)CN(Cc1cccc(N)c1)Cc1ccccn1. The Morgan fingerprint density at radius 2 is 2.00 bits per heavy atom. The summed E-state index contributed by atoms with van der Waals surface area (Å²) in [7, 11) is 0. The molecule has 0 saturated carbocycles. The Kier molecular flexibility index (Phi) is 4.68. The van der Waals surface area contributed by atoms with Crippen LogP contribution in [0, 0.1) is 0 Å². The van der Waals surface area contributed by atoms with E-state index in [-0.39, 0.29) is 12.5 Å². The first kappa shape index (κ1) is 14.0. The number of hydrogen-bond acceptors (Lipinski definition) is 4. The van der Waals surface area contributed by atoms with Crippen molar-refractivity contribution in [3.63, 3.8) is 0 Å². The van der Waals surface area contributed by atoms with Crippen LogP contribution in [-0.4, -0.2) is 22.3 Å². The molecule has 0 atom stereocenters. The number of pyridine rings is 1. The second kappa shape index (κ2) is 6.68. The van der Waals surface area contributed by atoms with Crippen molar-refractivity contribution >= 4 is 11.6 Å². The Morgan fingerprint density at radius 3 is 2.65 bits per heavy atom. The van der Waals surface area contributed by atoms with Crippen molar-refractivity contribution in [1.82, 2.24) is 9.88 Å². The predicted octanol–water partition coefficient (Wildman–Crippen LogP) is 1.15. The molecule has 0 aliphatic carbocycles. The van der Waals surface area contributed by atoms with Gasteiger partial charge in [0.2, 0.25) is 5.91 Å². The second-order valence-electron chi connectivity index (χ2n) is 4.68. The zero-order valence-electron chi connectivity index (χ0n) is 11.2. The molecule has 0 aliphatic heterocycles. The lowest BCUT2D eigenvalue weighted by atomic mass is 10.2. The number of benzene rings is 1. The standard InChI is InChI=1S/C15H18N4O/c16-13-5-3-4-12(8-13)9-19(11-15(17)20)10-14-6-1-2-7-18-14/h1-8H,9-11,16H2,(H2,17,20). The summed E-state index contributed by atoms with van der Waals surface area (Å²) < 4.78 is 0. The Bertz CT molecular complexity index is 571. The maximum Gasteiger partial charge on any atom is 0.231 e. The van der Waals surface area contributed by atoms with E-state index in [2.05, 4.69) is 4.98 Å². The lowest BCUT2D eigenvalue weighted by Crippen LogP contribution is -2.33. The first-order valence-corrected chi connectivity index (χ1v) is 6.38. The summed E-state index contributed by atoms with van der Waals surface area (Å²) in [6, 6.07) is 13.3. The number of carbonyl (C=O) groups excluding carboxylic acids is 1. The van der Waals surface area contributed by atoms with E-state index in [1.165, 1.54) is 0 Å². The van der Waals surface area contributed by atoms with Crippen LogP contribution >= 0.6 is 0 Å². The third-order valence-electron chi connectivity index (χ3n) is 2.85. The van der Waals surface area contributed by atoms with E-state index in [0.29, 0.717) is 18.8 Å². The van der Waals surface area contributed by atoms with E-state index in [4.69, 9.17) is 11.5 Å². The highest BCUT2D eigenvalue weighted by atomic mass is 16.1. The van der Waals surface area contributed by atoms with Crippen molar-refractivity contribution in [1.29, 1.82) is 0 Å². The minimum Gasteiger partial charge on any atom is -0.399 e. The summed E-state index contributed by atoms with van der Waals surface area (Å²) in [5.74, 6) is -0.357. The van der Waals surface area contributed by atoms with Gasteiger partial charge in [0.25, 0.3) is 0 Å². The van der Waals surface area contributed by atoms with Gasteiger partial charge in [-0.15, -0.1) is 0 Å². The number of amides is 1. The van der Waals surface area contributed by atoms with Crippen LogP contribution < -0.4 is 11.5 Å². The average Bonchev–Trinajstić information content (AvgIpc) is 2.39. The number of nitrogens with two attached hydrogens (primary N) is 2.